The van der Waals surface area contributed by atoms with Crippen molar-refractivity contribution < 1.29 is 4.42 Å². The predicted octanol–water partition coefficient (Wildman–Crippen LogP) is 3.27. The van der Waals surface area contributed by atoms with Crippen LogP contribution in [0.2, 0.25) is 0 Å². The van der Waals surface area contributed by atoms with Crippen molar-refractivity contribution in [3.05, 3.63) is 46.6 Å². The van der Waals surface area contributed by atoms with Crippen molar-refractivity contribution in [3.63, 3.8) is 0 Å². The van der Waals surface area contributed by atoms with Crippen molar-refractivity contribution in [1.82, 2.24) is 10.2 Å². The summed E-state index contributed by atoms with van der Waals surface area (Å²) in [5, 5.41) is 6.72. The maximum Gasteiger partial charge on any atom is 0.284 e. The van der Waals surface area contributed by atoms with Crippen molar-refractivity contribution in [2.24, 2.45) is 0 Å². The molecule has 0 spiro atoms. The second kappa shape index (κ2) is 4.40. The van der Waals surface area contributed by atoms with Gasteiger partial charge in [-0.3, -0.25) is 0 Å². The number of hydrogen-bond acceptors (Lipinski definition) is 3. The number of nitrogens with zero attached hydrogens (tertiary/aromatic N) is 1. The predicted molar refractivity (Wildman–Crippen MR) is 60.3 cm³/mol. The smallest absolute Gasteiger partial charge is 0.284 e. The first-order valence-corrected chi connectivity index (χ1v) is 5.32. The van der Waals surface area contributed by atoms with E-state index in [1.54, 1.807) is 0 Å². The van der Waals surface area contributed by atoms with Crippen LogP contribution >= 0.6 is 12.2 Å². The molecule has 15 heavy (non-hydrogen) atoms. The molecular weight excluding hydrogens is 208 g/mol. The Balaban J connectivity index is 2.37. The highest BCUT2D eigenvalue weighted by molar-refractivity contribution is 7.71. The van der Waals surface area contributed by atoms with Gasteiger partial charge in [-0.2, -0.15) is 0 Å². The highest BCUT2D eigenvalue weighted by atomic mass is 32.1. The molecule has 4 heteroatoms. The van der Waals surface area contributed by atoms with Gasteiger partial charge in [-0.1, -0.05) is 37.3 Å². The van der Waals surface area contributed by atoms with Crippen LogP contribution in [0, 0.1) is 4.84 Å². The van der Waals surface area contributed by atoms with Crippen LogP contribution < -0.4 is 0 Å². The average molecular weight is 220 g/mol. The fraction of sp³-hybridized carbons (Fsp3) is 0.273. The highest BCUT2D eigenvalue weighted by Crippen LogP contribution is 2.25. The van der Waals surface area contributed by atoms with Gasteiger partial charge in [-0.05, 0) is 24.2 Å². The quantitative estimate of drug-likeness (QED) is 0.807. The molecule has 0 fully saturated rings. The molecule has 0 saturated carbocycles. The Morgan fingerprint density at radius 2 is 2.13 bits per heavy atom. The molecule has 0 amide bonds. The minimum atomic E-state index is 0.180. The lowest BCUT2D eigenvalue weighted by Crippen LogP contribution is -1.99. The number of rotatable bonds is 3. The minimum absolute atomic E-state index is 0.180. The number of nitrogens with one attached hydrogen (secondary N) is 1. The van der Waals surface area contributed by atoms with Crippen molar-refractivity contribution in [2.75, 3.05) is 0 Å². The monoisotopic (exact) mass is 220 g/mol. The first-order valence-electron chi connectivity index (χ1n) is 4.91. The van der Waals surface area contributed by atoms with Crippen LogP contribution in [0.5, 0.6) is 0 Å². The fourth-order valence-corrected chi connectivity index (χ4v) is 1.76. The number of aromatic amines is 1. The van der Waals surface area contributed by atoms with Gasteiger partial charge in [0.05, 0.1) is 5.92 Å². The van der Waals surface area contributed by atoms with Gasteiger partial charge in [0.2, 0.25) is 5.89 Å². The van der Waals surface area contributed by atoms with Crippen LogP contribution in [0.1, 0.15) is 30.7 Å². The fourth-order valence-electron chi connectivity index (χ4n) is 1.63. The first kappa shape index (κ1) is 10.1. The van der Waals surface area contributed by atoms with Gasteiger partial charge in [0.25, 0.3) is 4.84 Å². The summed E-state index contributed by atoms with van der Waals surface area (Å²) in [4.78, 5) is 0.333. The van der Waals surface area contributed by atoms with Gasteiger partial charge in [0.1, 0.15) is 0 Å². The molecule has 2 aromatic rings. The van der Waals surface area contributed by atoms with Gasteiger partial charge in [-0.25, -0.2) is 5.10 Å². The lowest BCUT2D eigenvalue weighted by atomic mass is 9.97. The zero-order valence-electron chi connectivity index (χ0n) is 8.43. The van der Waals surface area contributed by atoms with Crippen molar-refractivity contribution in [3.8, 4) is 0 Å². The Labute approximate surface area is 93.1 Å². The molecule has 0 unspecified atom stereocenters. The molecule has 0 aliphatic carbocycles. The molecule has 1 atom stereocenters. The van der Waals surface area contributed by atoms with Crippen LogP contribution in [0.15, 0.2) is 34.7 Å². The molecule has 0 aliphatic heterocycles. The van der Waals surface area contributed by atoms with E-state index >= 15 is 0 Å². The Hall–Kier alpha value is -1.42. The van der Waals surface area contributed by atoms with Gasteiger partial charge in [0, 0.05) is 0 Å². The van der Waals surface area contributed by atoms with E-state index in [0.717, 1.165) is 6.42 Å². The number of benzene rings is 1. The summed E-state index contributed by atoms with van der Waals surface area (Å²) in [7, 11) is 0. The second-order valence-corrected chi connectivity index (χ2v) is 3.69. The van der Waals surface area contributed by atoms with Crippen LogP contribution in [-0.4, -0.2) is 10.2 Å². The third kappa shape index (κ3) is 2.15. The second-order valence-electron chi connectivity index (χ2n) is 3.32. The Morgan fingerprint density at radius 1 is 1.40 bits per heavy atom. The first-order chi connectivity index (χ1) is 7.31. The summed E-state index contributed by atoms with van der Waals surface area (Å²) in [6.45, 7) is 2.10. The largest absolute Gasteiger partial charge is 0.413 e. The molecule has 1 N–H and O–H groups in total. The molecule has 2 rings (SSSR count). The molecule has 1 aromatic carbocycles. The summed E-state index contributed by atoms with van der Waals surface area (Å²) < 4.78 is 5.34. The van der Waals surface area contributed by atoms with E-state index < -0.39 is 0 Å². The lowest BCUT2D eigenvalue weighted by molar-refractivity contribution is 0.453. The Kier molecular flexibility index (Phi) is 2.97. The lowest BCUT2D eigenvalue weighted by Gasteiger charge is -2.09. The zero-order chi connectivity index (χ0) is 10.7. The van der Waals surface area contributed by atoms with Crippen molar-refractivity contribution in [1.29, 1.82) is 0 Å². The maximum absolute atomic E-state index is 5.34. The van der Waals surface area contributed by atoms with Crippen LogP contribution in [0.3, 0.4) is 0 Å². The molecular formula is C11H12N2OS. The van der Waals surface area contributed by atoms with Gasteiger partial charge in [0.15, 0.2) is 0 Å². The van der Waals surface area contributed by atoms with Crippen LogP contribution in [0.4, 0.5) is 0 Å². The number of hydrogen-bond donors (Lipinski definition) is 1. The number of H-pyrrole nitrogens is 1. The maximum atomic E-state index is 5.34. The molecule has 1 heterocycles. The van der Waals surface area contributed by atoms with Gasteiger partial charge >= 0.3 is 0 Å². The summed E-state index contributed by atoms with van der Waals surface area (Å²) in [6.07, 6.45) is 0.938. The SMILES string of the molecule is CC[C@@H](c1ccccc1)c1n[nH]c(=S)o1. The van der Waals surface area contributed by atoms with E-state index in [-0.39, 0.29) is 5.92 Å². The molecule has 0 bridgehead atoms. The topological polar surface area (TPSA) is 41.8 Å². The zero-order valence-corrected chi connectivity index (χ0v) is 9.25. The Bertz CT molecular complexity index is 475. The van der Waals surface area contributed by atoms with Crippen LogP contribution in [0.25, 0.3) is 0 Å². The summed E-state index contributed by atoms with van der Waals surface area (Å²) in [6, 6.07) is 10.2. The average Bonchev–Trinajstić information content (AvgIpc) is 2.68. The number of aromatic nitrogens is 2. The minimum Gasteiger partial charge on any atom is -0.413 e. The third-order valence-corrected chi connectivity index (χ3v) is 2.54. The van der Waals surface area contributed by atoms with Crippen molar-refractivity contribution in [2.45, 2.75) is 19.3 Å². The summed E-state index contributed by atoms with van der Waals surface area (Å²) in [5.41, 5.74) is 1.20. The molecule has 0 radical (unpaired) electrons. The molecule has 0 saturated heterocycles. The van der Waals surface area contributed by atoms with E-state index in [9.17, 15) is 0 Å². The van der Waals surface area contributed by atoms with E-state index in [2.05, 4.69) is 29.3 Å². The summed E-state index contributed by atoms with van der Waals surface area (Å²) >= 11 is 4.87. The molecule has 3 nitrogen and oxygen atoms in total. The van der Waals surface area contributed by atoms with E-state index in [0.29, 0.717) is 10.7 Å². The summed E-state index contributed by atoms with van der Waals surface area (Å²) in [5.74, 6) is 0.841. The van der Waals surface area contributed by atoms with E-state index in [1.807, 2.05) is 18.2 Å². The molecule has 0 aliphatic rings. The normalized spacial score (nSPS) is 12.6. The van der Waals surface area contributed by atoms with E-state index in [4.69, 9.17) is 16.6 Å². The highest BCUT2D eigenvalue weighted by Gasteiger charge is 2.16. The van der Waals surface area contributed by atoms with Crippen molar-refractivity contribution >= 4 is 12.2 Å². The van der Waals surface area contributed by atoms with Gasteiger partial charge < -0.3 is 4.42 Å². The Morgan fingerprint density at radius 3 is 2.67 bits per heavy atom. The van der Waals surface area contributed by atoms with Gasteiger partial charge in [-0.15, -0.1) is 5.10 Å². The van der Waals surface area contributed by atoms with E-state index in [1.165, 1.54) is 5.56 Å². The third-order valence-electron chi connectivity index (χ3n) is 2.36. The molecule has 1 aromatic heterocycles. The molecule has 78 valence electrons. The standard InChI is InChI=1S/C11H12N2OS/c1-2-9(8-6-4-3-5-7-8)10-12-13-11(15)14-10/h3-7,9H,2H2,1H3,(H,13,15)/t9-/m0/s1. The van der Waals surface area contributed by atoms with Crippen LogP contribution in [-0.2, 0) is 0 Å².